The Morgan fingerprint density at radius 3 is 2.29 bits per heavy atom. The van der Waals surface area contributed by atoms with Crippen molar-refractivity contribution in [3.63, 3.8) is 0 Å². The molecule has 1 rings (SSSR count). The fourth-order valence-electron chi connectivity index (χ4n) is 1.84. The van der Waals surface area contributed by atoms with Crippen molar-refractivity contribution >= 4 is 18.3 Å². The number of ether oxygens (including phenoxy) is 2. The van der Waals surface area contributed by atoms with E-state index < -0.39 is 12.2 Å². The van der Waals surface area contributed by atoms with E-state index in [0.29, 0.717) is 13.2 Å². The van der Waals surface area contributed by atoms with E-state index in [4.69, 9.17) is 14.7 Å². The van der Waals surface area contributed by atoms with Crippen molar-refractivity contribution in [1.29, 1.82) is 5.26 Å². The van der Waals surface area contributed by atoms with Crippen LogP contribution >= 0.6 is 0 Å². The summed E-state index contributed by atoms with van der Waals surface area (Å²) < 4.78 is 11.1. The van der Waals surface area contributed by atoms with Gasteiger partial charge in [-0.25, -0.2) is 0 Å². The molecule has 0 unspecified atom stereocenters. The minimum absolute atomic E-state index is 0.0213. The second kappa shape index (κ2) is 10.3. The van der Waals surface area contributed by atoms with Crippen LogP contribution in [-0.2, 0) is 14.3 Å². The van der Waals surface area contributed by atoms with E-state index in [2.05, 4.69) is 4.99 Å². The van der Waals surface area contributed by atoms with Gasteiger partial charge < -0.3 is 14.4 Å². The highest BCUT2D eigenvalue weighted by Crippen LogP contribution is 2.20. The van der Waals surface area contributed by atoms with Crippen molar-refractivity contribution in [2.45, 2.75) is 20.1 Å². The van der Waals surface area contributed by atoms with Crippen LogP contribution in [0.5, 0.6) is 0 Å². The molecule has 0 radical (unpaired) electrons. The van der Waals surface area contributed by atoms with Crippen LogP contribution in [0.25, 0.3) is 6.08 Å². The summed E-state index contributed by atoms with van der Waals surface area (Å²) in [4.78, 5) is 17.2. The van der Waals surface area contributed by atoms with E-state index in [1.807, 2.05) is 32.0 Å². The molecule has 24 heavy (non-hydrogen) atoms. The highest BCUT2D eigenvalue weighted by atomic mass is 16.7. The zero-order valence-electron chi connectivity index (χ0n) is 14.5. The van der Waals surface area contributed by atoms with Crippen molar-refractivity contribution in [2.24, 2.45) is 4.99 Å². The maximum atomic E-state index is 11.9. The molecule has 0 aliphatic heterocycles. The van der Waals surface area contributed by atoms with Crippen LogP contribution in [0.2, 0.25) is 0 Å². The van der Waals surface area contributed by atoms with Gasteiger partial charge in [-0.2, -0.15) is 10.3 Å². The molecular formula is C18H23N3O3. The van der Waals surface area contributed by atoms with Crippen LogP contribution in [-0.4, -0.2) is 44.5 Å². The highest BCUT2D eigenvalue weighted by molar-refractivity contribution is 6.04. The number of amides is 1. The van der Waals surface area contributed by atoms with Gasteiger partial charge in [0.1, 0.15) is 11.6 Å². The molecule has 0 aromatic heterocycles. The van der Waals surface area contributed by atoms with Crippen molar-refractivity contribution in [3.05, 3.63) is 41.0 Å². The topological polar surface area (TPSA) is 74.9 Å². The number of hydrogen-bond donors (Lipinski definition) is 0. The van der Waals surface area contributed by atoms with Crippen LogP contribution in [0, 0.1) is 11.3 Å². The molecule has 0 fully saturated rings. The molecule has 1 amide bonds. The molecule has 0 aliphatic rings. The van der Waals surface area contributed by atoms with E-state index in [1.54, 1.807) is 31.1 Å². The average molecular weight is 329 g/mol. The maximum absolute atomic E-state index is 11.9. The van der Waals surface area contributed by atoms with Crippen LogP contribution < -0.4 is 0 Å². The summed E-state index contributed by atoms with van der Waals surface area (Å²) in [6, 6.07) is 9.20. The first-order valence-corrected chi connectivity index (χ1v) is 7.71. The molecular weight excluding hydrogens is 306 g/mol. The second-order valence-corrected chi connectivity index (χ2v) is 5.09. The number of nitriles is 1. The SMILES string of the molecule is CCOC(OCC)c1ccc(/C=C(/C#N)C(=O)N=CN(C)C)cc1. The van der Waals surface area contributed by atoms with E-state index in [-0.39, 0.29) is 5.57 Å². The lowest BCUT2D eigenvalue weighted by Crippen LogP contribution is -2.10. The number of rotatable bonds is 8. The normalized spacial score (nSPS) is 11.8. The zero-order valence-corrected chi connectivity index (χ0v) is 14.5. The summed E-state index contributed by atoms with van der Waals surface area (Å²) in [6.45, 7) is 4.90. The molecule has 0 bridgehead atoms. The number of aliphatic imine (C=N–C) groups is 1. The first-order valence-electron chi connectivity index (χ1n) is 7.71. The third-order valence-electron chi connectivity index (χ3n) is 2.91. The second-order valence-electron chi connectivity index (χ2n) is 5.09. The largest absolute Gasteiger partial charge is 0.369 e. The van der Waals surface area contributed by atoms with Gasteiger partial charge in [-0.15, -0.1) is 0 Å². The summed E-state index contributed by atoms with van der Waals surface area (Å²) in [5, 5.41) is 9.14. The number of benzene rings is 1. The molecule has 128 valence electrons. The van der Waals surface area contributed by atoms with Gasteiger partial charge in [-0.05, 0) is 25.5 Å². The lowest BCUT2D eigenvalue weighted by molar-refractivity contribution is -0.140. The van der Waals surface area contributed by atoms with Gasteiger partial charge in [0.05, 0.1) is 6.34 Å². The van der Waals surface area contributed by atoms with Gasteiger partial charge in [0, 0.05) is 32.9 Å². The minimum atomic E-state index is -0.572. The lowest BCUT2D eigenvalue weighted by atomic mass is 10.1. The predicted octanol–water partition coefficient (Wildman–Crippen LogP) is 2.78. The minimum Gasteiger partial charge on any atom is -0.369 e. The number of nitrogens with zero attached hydrogens (tertiary/aromatic N) is 3. The first kappa shape index (κ1) is 19.6. The van der Waals surface area contributed by atoms with Crippen LogP contribution in [0.3, 0.4) is 0 Å². The smallest absolute Gasteiger partial charge is 0.289 e. The zero-order chi connectivity index (χ0) is 17.9. The molecule has 0 spiro atoms. The Morgan fingerprint density at radius 2 is 1.83 bits per heavy atom. The molecule has 0 atom stereocenters. The average Bonchev–Trinajstić information content (AvgIpc) is 2.58. The van der Waals surface area contributed by atoms with Gasteiger partial charge in [0.2, 0.25) is 0 Å². The van der Waals surface area contributed by atoms with Gasteiger partial charge in [-0.3, -0.25) is 4.79 Å². The maximum Gasteiger partial charge on any atom is 0.289 e. The highest BCUT2D eigenvalue weighted by Gasteiger charge is 2.11. The summed E-state index contributed by atoms with van der Waals surface area (Å²) in [5.74, 6) is -0.572. The number of carbonyl (C=O) groups excluding carboxylic acids is 1. The quantitative estimate of drug-likeness (QED) is 0.241. The Bertz CT molecular complexity index is 622. The molecule has 0 heterocycles. The third kappa shape index (κ3) is 6.32. The molecule has 6 nitrogen and oxygen atoms in total. The van der Waals surface area contributed by atoms with Crippen LogP contribution in [0.4, 0.5) is 0 Å². The van der Waals surface area contributed by atoms with E-state index in [9.17, 15) is 4.79 Å². The van der Waals surface area contributed by atoms with Gasteiger partial charge in [0.25, 0.3) is 5.91 Å². The lowest BCUT2D eigenvalue weighted by Gasteiger charge is -2.17. The fraction of sp³-hybridized carbons (Fsp3) is 0.389. The standard InChI is InChI=1S/C18H23N3O3/c1-5-23-18(24-6-2)15-9-7-14(8-10-15)11-16(12-19)17(22)20-13-21(3)4/h7-11,13,18H,5-6H2,1-4H3/b16-11-,20-13?. The van der Waals surface area contributed by atoms with Crippen molar-refractivity contribution in [3.8, 4) is 6.07 Å². The Kier molecular flexibility index (Phi) is 8.41. The number of hydrogen-bond acceptors (Lipinski definition) is 4. The molecule has 0 saturated carbocycles. The van der Waals surface area contributed by atoms with E-state index in [1.165, 1.54) is 12.4 Å². The van der Waals surface area contributed by atoms with Crippen molar-refractivity contribution in [1.82, 2.24) is 4.90 Å². The number of carbonyl (C=O) groups is 1. The molecule has 1 aromatic rings. The molecule has 1 aromatic carbocycles. The van der Waals surface area contributed by atoms with Crippen molar-refractivity contribution in [2.75, 3.05) is 27.3 Å². The molecule has 6 heteroatoms. The predicted molar refractivity (Wildman–Crippen MR) is 93.2 cm³/mol. The van der Waals surface area contributed by atoms with Crippen molar-refractivity contribution < 1.29 is 14.3 Å². The third-order valence-corrected chi connectivity index (χ3v) is 2.91. The Hall–Kier alpha value is -2.49. The first-order chi connectivity index (χ1) is 11.5. The van der Waals surface area contributed by atoms with Crippen LogP contribution in [0.15, 0.2) is 34.8 Å². The van der Waals surface area contributed by atoms with E-state index in [0.717, 1.165) is 11.1 Å². The Labute approximate surface area is 143 Å². The monoisotopic (exact) mass is 329 g/mol. The fourth-order valence-corrected chi connectivity index (χ4v) is 1.84. The summed E-state index contributed by atoms with van der Waals surface area (Å²) >= 11 is 0. The molecule has 0 aliphatic carbocycles. The van der Waals surface area contributed by atoms with Gasteiger partial charge >= 0.3 is 0 Å². The van der Waals surface area contributed by atoms with Crippen LogP contribution in [0.1, 0.15) is 31.3 Å². The summed E-state index contributed by atoms with van der Waals surface area (Å²) in [6.07, 6.45) is 2.46. The van der Waals surface area contributed by atoms with Gasteiger partial charge in [0.15, 0.2) is 6.29 Å². The summed E-state index contributed by atoms with van der Waals surface area (Å²) in [7, 11) is 3.50. The molecule has 0 N–H and O–H groups in total. The van der Waals surface area contributed by atoms with Gasteiger partial charge in [-0.1, -0.05) is 24.3 Å². The molecule has 0 saturated heterocycles. The van der Waals surface area contributed by atoms with E-state index >= 15 is 0 Å². The summed E-state index contributed by atoms with van der Waals surface area (Å²) in [5.41, 5.74) is 1.59. The Balaban J connectivity index is 2.94. The Morgan fingerprint density at radius 1 is 1.25 bits per heavy atom.